The average Bonchev–Trinajstić information content (AvgIpc) is 2.18. The van der Waals surface area contributed by atoms with E-state index in [1.807, 2.05) is 13.8 Å². The first-order chi connectivity index (χ1) is 7.73. The van der Waals surface area contributed by atoms with Gasteiger partial charge in [0.05, 0.1) is 35.4 Å². The molecule has 1 aliphatic heterocycles. The minimum Gasteiger partial charge on any atom is -0.501 e. The molecule has 1 saturated heterocycles. The van der Waals surface area contributed by atoms with E-state index in [4.69, 9.17) is 4.74 Å². The highest BCUT2D eigenvalue weighted by atomic mass is 32.2. The van der Waals surface area contributed by atoms with Gasteiger partial charge in [-0.05, 0) is 25.8 Å². The van der Waals surface area contributed by atoms with Gasteiger partial charge in [-0.2, -0.15) is 0 Å². The van der Waals surface area contributed by atoms with Gasteiger partial charge in [-0.25, -0.2) is 16.8 Å². The van der Waals surface area contributed by atoms with Crippen LogP contribution in [0, 0.1) is 0 Å². The van der Waals surface area contributed by atoms with Crippen molar-refractivity contribution < 1.29 is 21.6 Å². The predicted molar refractivity (Wildman–Crippen MR) is 66.2 cm³/mol. The third-order valence-electron chi connectivity index (χ3n) is 2.50. The molecule has 1 atom stereocenters. The molecule has 1 rings (SSSR count). The van der Waals surface area contributed by atoms with Crippen LogP contribution in [-0.2, 0) is 24.4 Å². The van der Waals surface area contributed by atoms with Crippen LogP contribution in [0.25, 0.3) is 0 Å². The van der Waals surface area contributed by atoms with E-state index in [-0.39, 0.29) is 30.3 Å². The lowest BCUT2D eigenvalue weighted by Gasteiger charge is -2.22. The monoisotopic (exact) mass is 282 g/mol. The van der Waals surface area contributed by atoms with Crippen molar-refractivity contribution in [1.82, 2.24) is 0 Å². The minimum atomic E-state index is -3.28. The van der Waals surface area contributed by atoms with Gasteiger partial charge in [0.2, 0.25) is 0 Å². The number of ether oxygens (including phenoxy) is 1. The molecule has 7 heteroatoms. The molecule has 1 aliphatic rings. The van der Waals surface area contributed by atoms with E-state index in [2.05, 4.69) is 0 Å². The number of rotatable bonds is 4. The highest BCUT2D eigenvalue weighted by Crippen LogP contribution is 2.17. The minimum absolute atomic E-state index is 0.227. The van der Waals surface area contributed by atoms with Gasteiger partial charge in [0.25, 0.3) is 0 Å². The van der Waals surface area contributed by atoms with Crippen molar-refractivity contribution in [1.29, 1.82) is 0 Å². The number of hydrogen-bond donors (Lipinski definition) is 0. The molecule has 0 aliphatic carbocycles. The standard InChI is InChI=1S/C10H18O5S2/c1-9(2)7-15-4-3-10-8-16(11,12)5-6-17(10,13)14/h7,10H,3-6,8H2,1-2H3. The molecule has 1 unspecified atom stereocenters. The van der Waals surface area contributed by atoms with Gasteiger partial charge >= 0.3 is 0 Å². The number of sulfone groups is 2. The number of allylic oxidation sites excluding steroid dienone is 1. The van der Waals surface area contributed by atoms with Gasteiger partial charge in [-0.3, -0.25) is 0 Å². The second kappa shape index (κ2) is 5.39. The fourth-order valence-corrected chi connectivity index (χ4v) is 6.65. The van der Waals surface area contributed by atoms with Crippen molar-refractivity contribution >= 4 is 19.7 Å². The molecule has 0 spiro atoms. The van der Waals surface area contributed by atoms with Gasteiger partial charge in [-0.15, -0.1) is 0 Å². The lowest BCUT2D eigenvalue weighted by Crippen LogP contribution is -2.40. The molecule has 1 fully saturated rings. The van der Waals surface area contributed by atoms with E-state index in [0.717, 1.165) is 5.57 Å². The zero-order valence-corrected chi connectivity index (χ0v) is 11.7. The van der Waals surface area contributed by atoms with Crippen molar-refractivity contribution in [2.75, 3.05) is 23.9 Å². The van der Waals surface area contributed by atoms with Crippen LogP contribution >= 0.6 is 0 Å². The first-order valence-electron chi connectivity index (χ1n) is 5.40. The summed E-state index contributed by atoms with van der Waals surface area (Å²) < 4.78 is 51.2. The lowest BCUT2D eigenvalue weighted by atomic mass is 10.3. The van der Waals surface area contributed by atoms with Crippen LogP contribution in [0.15, 0.2) is 11.8 Å². The van der Waals surface area contributed by atoms with Crippen molar-refractivity contribution in [2.45, 2.75) is 25.5 Å². The molecule has 0 amide bonds. The van der Waals surface area contributed by atoms with Gasteiger partial charge in [-0.1, -0.05) is 0 Å². The second-order valence-electron chi connectivity index (χ2n) is 4.46. The molecule has 0 aromatic carbocycles. The first kappa shape index (κ1) is 14.5. The van der Waals surface area contributed by atoms with E-state index in [1.165, 1.54) is 0 Å². The third-order valence-corrected chi connectivity index (χ3v) is 6.90. The average molecular weight is 282 g/mol. The summed E-state index contributed by atoms with van der Waals surface area (Å²) >= 11 is 0. The maximum atomic E-state index is 11.7. The Morgan fingerprint density at radius 3 is 2.47 bits per heavy atom. The molecule has 0 N–H and O–H groups in total. The molecule has 0 aromatic rings. The molecule has 5 nitrogen and oxygen atoms in total. The van der Waals surface area contributed by atoms with Crippen LogP contribution in [0.1, 0.15) is 20.3 Å². The van der Waals surface area contributed by atoms with Crippen LogP contribution in [0.4, 0.5) is 0 Å². The summed E-state index contributed by atoms with van der Waals surface area (Å²) in [5, 5.41) is -0.813. The zero-order chi connectivity index (χ0) is 13.1. The molecule has 0 saturated carbocycles. The largest absolute Gasteiger partial charge is 0.501 e. The molecule has 0 bridgehead atoms. The van der Waals surface area contributed by atoms with Crippen molar-refractivity contribution in [3.63, 3.8) is 0 Å². The molecule has 100 valence electrons. The van der Waals surface area contributed by atoms with E-state index in [9.17, 15) is 16.8 Å². The van der Waals surface area contributed by atoms with E-state index < -0.39 is 24.9 Å². The van der Waals surface area contributed by atoms with Gasteiger partial charge in [0.15, 0.2) is 19.7 Å². The Kier molecular flexibility index (Phi) is 4.60. The molecular weight excluding hydrogens is 264 g/mol. The Morgan fingerprint density at radius 2 is 1.88 bits per heavy atom. The molecule has 17 heavy (non-hydrogen) atoms. The summed E-state index contributed by atoms with van der Waals surface area (Å²) in [5.41, 5.74) is 0.976. The van der Waals surface area contributed by atoms with E-state index in [0.29, 0.717) is 0 Å². The lowest BCUT2D eigenvalue weighted by molar-refractivity contribution is 0.241. The van der Waals surface area contributed by atoms with Crippen LogP contribution in [0.5, 0.6) is 0 Å². The van der Waals surface area contributed by atoms with Crippen LogP contribution in [0.2, 0.25) is 0 Å². The number of hydrogen-bond acceptors (Lipinski definition) is 5. The highest BCUT2D eigenvalue weighted by molar-refractivity contribution is 7.98. The maximum Gasteiger partial charge on any atom is 0.155 e. The SMILES string of the molecule is CC(C)=COCCC1CS(=O)(=O)CCS1(=O)=O. The summed E-state index contributed by atoms with van der Waals surface area (Å²) in [6.07, 6.45) is 1.77. The van der Waals surface area contributed by atoms with Gasteiger partial charge < -0.3 is 4.74 Å². The van der Waals surface area contributed by atoms with E-state index >= 15 is 0 Å². The smallest absolute Gasteiger partial charge is 0.155 e. The zero-order valence-electron chi connectivity index (χ0n) is 10.0. The van der Waals surface area contributed by atoms with Crippen LogP contribution < -0.4 is 0 Å². The Labute approximate surface area is 103 Å². The summed E-state index contributed by atoms with van der Waals surface area (Å²) in [6, 6.07) is 0. The normalized spacial score (nSPS) is 26.1. The first-order valence-corrected chi connectivity index (χ1v) is 8.93. The fraction of sp³-hybridized carbons (Fsp3) is 0.800. The predicted octanol–water partition coefficient (Wildman–Crippen LogP) is 0.529. The van der Waals surface area contributed by atoms with Gasteiger partial charge in [0, 0.05) is 0 Å². The Hall–Kier alpha value is -0.560. The molecule has 1 heterocycles. The van der Waals surface area contributed by atoms with Crippen molar-refractivity contribution in [2.24, 2.45) is 0 Å². The summed E-state index contributed by atoms with van der Waals surface area (Å²) in [6.45, 7) is 3.95. The Bertz CT molecular complexity index is 483. The Morgan fingerprint density at radius 1 is 1.24 bits per heavy atom. The maximum absolute atomic E-state index is 11.7. The van der Waals surface area contributed by atoms with E-state index in [1.54, 1.807) is 6.26 Å². The summed E-state index contributed by atoms with van der Waals surface area (Å²) in [5.74, 6) is -0.781. The van der Waals surface area contributed by atoms with Crippen LogP contribution in [0.3, 0.4) is 0 Å². The quantitative estimate of drug-likeness (QED) is 0.555. The second-order valence-corrected chi connectivity index (χ2v) is 9.09. The fourth-order valence-electron chi connectivity index (χ4n) is 1.57. The molecule has 0 radical (unpaired) electrons. The topological polar surface area (TPSA) is 77.5 Å². The third kappa shape index (κ3) is 4.67. The van der Waals surface area contributed by atoms with Gasteiger partial charge in [0.1, 0.15) is 0 Å². The molecule has 0 aromatic heterocycles. The Balaban J connectivity index is 2.58. The highest BCUT2D eigenvalue weighted by Gasteiger charge is 2.36. The van der Waals surface area contributed by atoms with Crippen molar-refractivity contribution in [3.05, 3.63) is 11.8 Å². The van der Waals surface area contributed by atoms with Crippen LogP contribution in [-0.4, -0.2) is 46.0 Å². The summed E-state index contributed by atoms with van der Waals surface area (Å²) in [4.78, 5) is 0. The molecular formula is C10H18O5S2. The van der Waals surface area contributed by atoms with Crippen molar-refractivity contribution in [3.8, 4) is 0 Å². The summed E-state index contributed by atoms with van der Waals surface area (Å²) in [7, 11) is -6.48.